The second-order valence-corrected chi connectivity index (χ2v) is 3.77. The molecule has 3 heteroatoms. The molecule has 0 bridgehead atoms. The molecule has 0 saturated carbocycles. The van der Waals surface area contributed by atoms with Gasteiger partial charge in [-0.15, -0.1) is 0 Å². The molecule has 64 valence electrons. The molecule has 2 rings (SSSR count). The summed E-state index contributed by atoms with van der Waals surface area (Å²) in [5.74, 6) is 0.941. The van der Waals surface area contributed by atoms with Crippen LogP contribution in [0.5, 0.6) is 5.75 Å². The fraction of sp³-hybridized carbons (Fsp3) is 0.333. The van der Waals surface area contributed by atoms with Crippen molar-refractivity contribution >= 4 is 15.9 Å². The summed E-state index contributed by atoms with van der Waals surface area (Å²) in [6.07, 6.45) is 0.360. The molecular formula is C9H10BrNO. The van der Waals surface area contributed by atoms with Crippen LogP contribution in [0.15, 0.2) is 28.7 Å². The maximum absolute atomic E-state index is 5.64. The number of hydrogen-bond acceptors (Lipinski definition) is 2. The summed E-state index contributed by atoms with van der Waals surface area (Å²) in [5.41, 5.74) is 0. The topological polar surface area (TPSA) is 21.3 Å². The van der Waals surface area contributed by atoms with Crippen LogP contribution in [0.4, 0.5) is 0 Å². The number of nitrogens with one attached hydrogen (secondary N) is 1. The number of hydrogen-bond donors (Lipinski definition) is 1. The van der Waals surface area contributed by atoms with Gasteiger partial charge in [0.25, 0.3) is 0 Å². The van der Waals surface area contributed by atoms with Crippen molar-refractivity contribution < 1.29 is 4.74 Å². The van der Waals surface area contributed by atoms with Gasteiger partial charge < -0.3 is 10.1 Å². The standard InChI is InChI=1S/C9H10BrNO/c10-7-2-1-3-8(4-7)12-9-5-11-6-9/h1-4,9,11H,5-6H2. The lowest BCUT2D eigenvalue weighted by molar-refractivity contribution is 0.142. The quantitative estimate of drug-likeness (QED) is 0.833. The summed E-state index contributed by atoms with van der Waals surface area (Å²) in [4.78, 5) is 0. The Morgan fingerprint density at radius 2 is 2.25 bits per heavy atom. The lowest BCUT2D eigenvalue weighted by Gasteiger charge is -2.27. The summed E-state index contributed by atoms with van der Waals surface area (Å²) < 4.78 is 6.70. The van der Waals surface area contributed by atoms with E-state index in [1.54, 1.807) is 0 Å². The van der Waals surface area contributed by atoms with Crippen LogP contribution < -0.4 is 10.1 Å². The van der Waals surface area contributed by atoms with Crippen LogP contribution in [0.25, 0.3) is 0 Å². The minimum atomic E-state index is 0.360. The second-order valence-electron chi connectivity index (χ2n) is 2.86. The first-order valence-electron chi connectivity index (χ1n) is 3.97. The zero-order valence-electron chi connectivity index (χ0n) is 6.59. The summed E-state index contributed by atoms with van der Waals surface area (Å²) in [5, 5.41) is 3.16. The molecule has 0 aromatic heterocycles. The van der Waals surface area contributed by atoms with Gasteiger partial charge in [-0.2, -0.15) is 0 Å². The number of benzene rings is 1. The van der Waals surface area contributed by atoms with Crippen molar-refractivity contribution in [1.29, 1.82) is 0 Å². The lowest BCUT2D eigenvalue weighted by atomic mass is 10.2. The first kappa shape index (κ1) is 8.08. The van der Waals surface area contributed by atoms with E-state index in [1.807, 2.05) is 24.3 Å². The van der Waals surface area contributed by atoms with Gasteiger partial charge in [0.1, 0.15) is 11.9 Å². The highest BCUT2D eigenvalue weighted by molar-refractivity contribution is 9.10. The van der Waals surface area contributed by atoms with E-state index in [1.165, 1.54) is 0 Å². The highest BCUT2D eigenvalue weighted by Crippen LogP contribution is 2.19. The van der Waals surface area contributed by atoms with Gasteiger partial charge in [-0.05, 0) is 18.2 Å². The van der Waals surface area contributed by atoms with Gasteiger partial charge >= 0.3 is 0 Å². The van der Waals surface area contributed by atoms with Crippen LogP contribution in [0.3, 0.4) is 0 Å². The molecule has 12 heavy (non-hydrogen) atoms. The highest BCUT2D eigenvalue weighted by Gasteiger charge is 2.17. The summed E-state index contributed by atoms with van der Waals surface area (Å²) >= 11 is 3.40. The van der Waals surface area contributed by atoms with E-state index >= 15 is 0 Å². The van der Waals surface area contributed by atoms with Crippen LogP contribution in [0.1, 0.15) is 0 Å². The van der Waals surface area contributed by atoms with Crippen LogP contribution in [-0.2, 0) is 0 Å². The number of rotatable bonds is 2. The predicted molar refractivity (Wildman–Crippen MR) is 51.4 cm³/mol. The maximum Gasteiger partial charge on any atom is 0.123 e. The molecule has 1 fully saturated rings. The maximum atomic E-state index is 5.64. The Labute approximate surface area is 80.1 Å². The summed E-state index contributed by atoms with van der Waals surface area (Å²) in [6.45, 7) is 1.93. The molecule has 0 aliphatic carbocycles. The van der Waals surface area contributed by atoms with Crippen molar-refractivity contribution in [3.63, 3.8) is 0 Å². The van der Waals surface area contributed by atoms with Gasteiger partial charge in [0, 0.05) is 17.6 Å². The minimum Gasteiger partial charge on any atom is -0.488 e. The van der Waals surface area contributed by atoms with Crippen LogP contribution in [-0.4, -0.2) is 19.2 Å². The molecule has 1 saturated heterocycles. The third-order valence-electron chi connectivity index (χ3n) is 1.84. The monoisotopic (exact) mass is 227 g/mol. The van der Waals surface area contributed by atoms with Gasteiger partial charge in [-0.3, -0.25) is 0 Å². The Balaban J connectivity index is 2.02. The summed E-state index contributed by atoms with van der Waals surface area (Å²) in [7, 11) is 0. The van der Waals surface area contributed by atoms with Crippen molar-refractivity contribution in [2.24, 2.45) is 0 Å². The molecule has 1 aliphatic heterocycles. The Morgan fingerprint density at radius 1 is 1.42 bits per heavy atom. The summed E-state index contributed by atoms with van der Waals surface area (Å²) in [6, 6.07) is 7.93. The average Bonchev–Trinajstić information content (AvgIpc) is 1.97. The first-order chi connectivity index (χ1) is 5.84. The molecule has 1 aromatic rings. The Hall–Kier alpha value is -0.540. The van der Waals surface area contributed by atoms with E-state index in [4.69, 9.17) is 4.74 Å². The number of ether oxygens (including phenoxy) is 1. The first-order valence-corrected chi connectivity index (χ1v) is 4.77. The largest absolute Gasteiger partial charge is 0.488 e. The van der Waals surface area contributed by atoms with E-state index in [0.717, 1.165) is 23.3 Å². The van der Waals surface area contributed by atoms with Crippen molar-refractivity contribution in [2.75, 3.05) is 13.1 Å². The Bertz CT molecular complexity index is 273. The van der Waals surface area contributed by atoms with Gasteiger partial charge in [-0.1, -0.05) is 22.0 Å². The second kappa shape index (κ2) is 3.46. The molecule has 0 unspecified atom stereocenters. The van der Waals surface area contributed by atoms with Gasteiger partial charge in [-0.25, -0.2) is 0 Å². The fourth-order valence-corrected chi connectivity index (χ4v) is 1.46. The molecule has 1 aromatic carbocycles. The van der Waals surface area contributed by atoms with Crippen LogP contribution in [0, 0.1) is 0 Å². The molecule has 2 nitrogen and oxygen atoms in total. The molecule has 1 aliphatic rings. The zero-order chi connectivity index (χ0) is 8.39. The Kier molecular flexibility index (Phi) is 2.33. The number of halogens is 1. The molecule has 0 amide bonds. The third-order valence-corrected chi connectivity index (χ3v) is 2.34. The van der Waals surface area contributed by atoms with Gasteiger partial charge in [0.15, 0.2) is 0 Å². The van der Waals surface area contributed by atoms with E-state index in [2.05, 4.69) is 21.2 Å². The van der Waals surface area contributed by atoms with Crippen molar-refractivity contribution in [2.45, 2.75) is 6.10 Å². The third kappa shape index (κ3) is 1.79. The molecule has 0 radical (unpaired) electrons. The highest BCUT2D eigenvalue weighted by atomic mass is 79.9. The SMILES string of the molecule is Brc1cccc(OC2CNC2)c1. The molecule has 0 spiro atoms. The molecular weight excluding hydrogens is 218 g/mol. The Morgan fingerprint density at radius 3 is 2.83 bits per heavy atom. The minimum absolute atomic E-state index is 0.360. The van der Waals surface area contributed by atoms with Gasteiger partial charge in [0.05, 0.1) is 0 Å². The van der Waals surface area contributed by atoms with Gasteiger partial charge in [0.2, 0.25) is 0 Å². The van der Waals surface area contributed by atoms with E-state index < -0.39 is 0 Å². The lowest BCUT2D eigenvalue weighted by Crippen LogP contribution is -2.50. The molecule has 1 N–H and O–H groups in total. The zero-order valence-corrected chi connectivity index (χ0v) is 8.17. The van der Waals surface area contributed by atoms with Crippen molar-refractivity contribution in [1.82, 2.24) is 5.32 Å². The molecule has 0 atom stereocenters. The van der Waals surface area contributed by atoms with E-state index in [-0.39, 0.29) is 0 Å². The van der Waals surface area contributed by atoms with Crippen LogP contribution in [0.2, 0.25) is 0 Å². The normalized spacial score (nSPS) is 17.1. The van der Waals surface area contributed by atoms with Crippen molar-refractivity contribution in [3.05, 3.63) is 28.7 Å². The average molecular weight is 228 g/mol. The van der Waals surface area contributed by atoms with Crippen LogP contribution >= 0.6 is 15.9 Å². The molecule has 1 heterocycles. The van der Waals surface area contributed by atoms with E-state index in [0.29, 0.717) is 6.10 Å². The fourth-order valence-electron chi connectivity index (χ4n) is 1.08. The predicted octanol–water partition coefficient (Wildman–Crippen LogP) is 1.80. The van der Waals surface area contributed by atoms with Crippen molar-refractivity contribution in [3.8, 4) is 5.75 Å². The smallest absolute Gasteiger partial charge is 0.123 e. The van der Waals surface area contributed by atoms with E-state index in [9.17, 15) is 0 Å².